The molecular weight excluding hydrogens is 256 g/mol. The number of aryl methyl sites for hydroxylation is 1. The molecule has 0 bridgehead atoms. The number of hydrogen-bond donors (Lipinski definition) is 1. The Morgan fingerprint density at radius 2 is 1.71 bits per heavy atom. The summed E-state index contributed by atoms with van der Waals surface area (Å²) in [6.07, 6.45) is 5.23. The van der Waals surface area contributed by atoms with Crippen LogP contribution in [0.4, 0.5) is 5.69 Å². The Balaban J connectivity index is 2.06. The summed E-state index contributed by atoms with van der Waals surface area (Å²) < 4.78 is 0. The van der Waals surface area contributed by atoms with E-state index in [0.717, 1.165) is 25.7 Å². The summed E-state index contributed by atoms with van der Waals surface area (Å²) in [7, 11) is 0. The van der Waals surface area contributed by atoms with E-state index in [2.05, 4.69) is 62.2 Å². The molecule has 0 unspecified atom stereocenters. The second-order valence-corrected chi connectivity index (χ2v) is 6.71. The minimum Gasteiger partial charge on any atom is -0.371 e. The van der Waals surface area contributed by atoms with Crippen molar-refractivity contribution in [1.82, 2.24) is 5.32 Å². The average molecular weight is 288 g/mol. The van der Waals surface area contributed by atoms with Crippen molar-refractivity contribution >= 4 is 5.69 Å². The molecule has 1 aromatic rings. The zero-order valence-electron chi connectivity index (χ0n) is 14.3. The molecule has 1 fully saturated rings. The minimum atomic E-state index is 0.392. The molecule has 21 heavy (non-hydrogen) atoms. The van der Waals surface area contributed by atoms with E-state index in [4.69, 9.17) is 0 Å². The largest absolute Gasteiger partial charge is 0.371 e. The summed E-state index contributed by atoms with van der Waals surface area (Å²) in [4.78, 5) is 2.54. The first kappa shape index (κ1) is 16.4. The van der Waals surface area contributed by atoms with Gasteiger partial charge >= 0.3 is 0 Å². The van der Waals surface area contributed by atoms with Gasteiger partial charge in [-0.15, -0.1) is 0 Å². The van der Waals surface area contributed by atoms with Crippen molar-refractivity contribution < 1.29 is 0 Å². The average Bonchev–Trinajstić information content (AvgIpc) is 3.34. The van der Waals surface area contributed by atoms with Crippen molar-refractivity contribution in [1.29, 1.82) is 0 Å². The van der Waals surface area contributed by atoms with Gasteiger partial charge < -0.3 is 10.2 Å². The van der Waals surface area contributed by atoms with E-state index < -0.39 is 0 Å². The highest BCUT2D eigenvalue weighted by Crippen LogP contribution is 2.31. The third kappa shape index (κ3) is 4.47. The van der Waals surface area contributed by atoms with Gasteiger partial charge in [-0.2, -0.15) is 0 Å². The molecule has 2 rings (SSSR count). The SMILES string of the molecule is CCN(CC(CC)(CC)CNC1CC1)c1ccc(C)cc1. The van der Waals surface area contributed by atoms with Gasteiger partial charge in [0, 0.05) is 31.4 Å². The van der Waals surface area contributed by atoms with Crippen molar-refractivity contribution in [3.05, 3.63) is 29.8 Å². The number of rotatable bonds is 9. The summed E-state index contributed by atoms with van der Waals surface area (Å²) in [5.74, 6) is 0. The predicted molar refractivity (Wildman–Crippen MR) is 93.1 cm³/mol. The number of benzene rings is 1. The first-order chi connectivity index (χ1) is 10.1. The Labute approximate surface area is 130 Å². The molecular formula is C19H32N2. The number of nitrogens with one attached hydrogen (secondary N) is 1. The first-order valence-corrected chi connectivity index (χ1v) is 8.67. The topological polar surface area (TPSA) is 15.3 Å². The number of hydrogen-bond acceptors (Lipinski definition) is 2. The van der Waals surface area contributed by atoms with Crippen LogP contribution in [0.3, 0.4) is 0 Å². The van der Waals surface area contributed by atoms with E-state index in [1.54, 1.807) is 0 Å². The van der Waals surface area contributed by atoms with Crippen LogP contribution in [0.15, 0.2) is 24.3 Å². The van der Waals surface area contributed by atoms with Crippen molar-refractivity contribution in [2.24, 2.45) is 5.41 Å². The molecule has 2 nitrogen and oxygen atoms in total. The van der Waals surface area contributed by atoms with E-state index in [-0.39, 0.29) is 0 Å². The predicted octanol–water partition coefficient (Wildman–Crippen LogP) is 4.38. The van der Waals surface area contributed by atoms with Gasteiger partial charge in [0.05, 0.1) is 0 Å². The van der Waals surface area contributed by atoms with Crippen LogP contribution in [0.25, 0.3) is 0 Å². The summed E-state index contributed by atoms with van der Waals surface area (Å²) >= 11 is 0. The monoisotopic (exact) mass is 288 g/mol. The van der Waals surface area contributed by atoms with Crippen LogP contribution in [0, 0.1) is 12.3 Å². The molecule has 1 aliphatic rings. The van der Waals surface area contributed by atoms with Crippen molar-refractivity contribution in [2.45, 2.75) is 59.4 Å². The molecule has 1 saturated carbocycles. The lowest BCUT2D eigenvalue weighted by atomic mass is 9.81. The maximum atomic E-state index is 3.76. The van der Waals surface area contributed by atoms with Crippen LogP contribution in [0.5, 0.6) is 0 Å². The summed E-state index contributed by atoms with van der Waals surface area (Å²) in [6.45, 7) is 12.5. The van der Waals surface area contributed by atoms with Crippen molar-refractivity contribution in [3.8, 4) is 0 Å². The van der Waals surface area contributed by atoms with Gasteiger partial charge in [0.15, 0.2) is 0 Å². The van der Waals surface area contributed by atoms with E-state index in [1.165, 1.54) is 36.9 Å². The smallest absolute Gasteiger partial charge is 0.0366 e. The molecule has 1 aliphatic carbocycles. The highest BCUT2D eigenvalue weighted by molar-refractivity contribution is 5.47. The summed E-state index contributed by atoms with van der Waals surface area (Å²) in [5.41, 5.74) is 3.09. The van der Waals surface area contributed by atoms with Crippen molar-refractivity contribution in [3.63, 3.8) is 0 Å². The fourth-order valence-corrected chi connectivity index (χ4v) is 2.97. The standard InChI is InChI=1S/C19H32N2/c1-5-19(6-2,14-20-17-10-11-17)15-21(7-3)18-12-8-16(4)9-13-18/h8-9,12-13,17,20H,5-7,10-11,14-15H2,1-4H3. The highest BCUT2D eigenvalue weighted by atomic mass is 15.1. The molecule has 0 radical (unpaired) electrons. The van der Waals surface area contributed by atoms with E-state index >= 15 is 0 Å². The second-order valence-electron chi connectivity index (χ2n) is 6.71. The summed E-state index contributed by atoms with van der Waals surface area (Å²) in [6, 6.07) is 9.78. The van der Waals surface area contributed by atoms with Gasteiger partial charge in [-0.05, 0) is 57.1 Å². The van der Waals surface area contributed by atoms with Crippen LogP contribution >= 0.6 is 0 Å². The Morgan fingerprint density at radius 3 is 2.19 bits per heavy atom. The molecule has 118 valence electrons. The van der Waals surface area contributed by atoms with E-state index in [0.29, 0.717) is 5.41 Å². The van der Waals surface area contributed by atoms with Gasteiger partial charge in [0.1, 0.15) is 0 Å². The van der Waals surface area contributed by atoms with Gasteiger partial charge in [-0.25, -0.2) is 0 Å². The normalized spacial score (nSPS) is 15.2. The summed E-state index contributed by atoms with van der Waals surface area (Å²) in [5, 5.41) is 3.76. The lowest BCUT2D eigenvalue weighted by Gasteiger charge is -2.38. The van der Waals surface area contributed by atoms with Crippen LogP contribution in [-0.2, 0) is 0 Å². The number of anilines is 1. The van der Waals surface area contributed by atoms with Crippen LogP contribution < -0.4 is 10.2 Å². The fourth-order valence-electron chi connectivity index (χ4n) is 2.97. The molecule has 0 heterocycles. The van der Waals surface area contributed by atoms with Gasteiger partial charge in [0.2, 0.25) is 0 Å². The van der Waals surface area contributed by atoms with Crippen LogP contribution in [-0.4, -0.2) is 25.7 Å². The zero-order chi connectivity index (χ0) is 15.3. The number of nitrogens with zero attached hydrogens (tertiary/aromatic N) is 1. The molecule has 1 N–H and O–H groups in total. The van der Waals surface area contributed by atoms with Crippen LogP contribution in [0.2, 0.25) is 0 Å². The van der Waals surface area contributed by atoms with Crippen LogP contribution in [0.1, 0.15) is 52.0 Å². The molecule has 0 amide bonds. The quantitative estimate of drug-likeness (QED) is 0.725. The first-order valence-electron chi connectivity index (χ1n) is 8.67. The van der Waals surface area contributed by atoms with E-state index in [1.807, 2.05) is 0 Å². The third-order valence-electron chi connectivity index (χ3n) is 5.15. The Morgan fingerprint density at radius 1 is 1.10 bits per heavy atom. The lowest BCUT2D eigenvalue weighted by molar-refractivity contribution is 0.252. The Hall–Kier alpha value is -1.02. The molecule has 0 atom stereocenters. The zero-order valence-corrected chi connectivity index (χ0v) is 14.3. The molecule has 0 aromatic heterocycles. The molecule has 0 spiro atoms. The maximum absolute atomic E-state index is 3.76. The lowest BCUT2D eigenvalue weighted by Crippen LogP contribution is -2.44. The molecule has 0 aliphatic heterocycles. The third-order valence-corrected chi connectivity index (χ3v) is 5.15. The van der Waals surface area contributed by atoms with E-state index in [9.17, 15) is 0 Å². The molecule has 2 heteroatoms. The Bertz CT molecular complexity index is 416. The minimum absolute atomic E-state index is 0.392. The van der Waals surface area contributed by atoms with Gasteiger partial charge in [-0.1, -0.05) is 31.5 Å². The molecule has 1 aromatic carbocycles. The molecule has 0 saturated heterocycles. The Kier molecular flexibility index (Phi) is 5.69. The second kappa shape index (κ2) is 7.31. The fraction of sp³-hybridized carbons (Fsp3) is 0.684. The van der Waals surface area contributed by atoms with Crippen molar-refractivity contribution in [2.75, 3.05) is 24.5 Å². The van der Waals surface area contributed by atoms with Gasteiger partial charge in [0.25, 0.3) is 0 Å². The van der Waals surface area contributed by atoms with Gasteiger partial charge in [-0.3, -0.25) is 0 Å². The maximum Gasteiger partial charge on any atom is 0.0366 e. The highest BCUT2D eigenvalue weighted by Gasteiger charge is 2.31.